The number of pyridine rings is 1. The number of aromatic nitrogens is 1. The predicted molar refractivity (Wildman–Crippen MR) is 130 cm³/mol. The third-order valence-electron chi connectivity index (χ3n) is 5.95. The molecule has 1 aromatic heterocycles. The molecule has 7 heteroatoms. The van der Waals surface area contributed by atoms with E-state index < -0.39 is 23.5 Å². The Kier molecular flexibility index (Phi) is 7.55. The van der Waals surface area contributed by atoms with Crippen molar-refractivity contribution in [1.29, 1.82) is 0 Å². The van der Waals surface area contributed by atoms with Crippen LogP contribution in [0.15, 0.2) is 78.6 Å². The summed E-state index contributed by atoms with van der Waals surface area (Å²) < 4.78 is 19.4. The molecule has 0 radical (unpaired) electrons. The van der Waals surface area contributed by atoms with E-state index in [0.717, 1.165) is 24.8 Å². The van der Waals surface area contributed by atoms with Crippen molar-refractivity contribution >= 4 is 17.4 Å². The summed E-state index contributed by atoms with van der Waals surface area (Å²) in [5.74, 6) is -1.70. The van der Waals surface area contributed by atoms with Crippen LogP contribution in [0.3, 0.4) is 0 Å². The largest absolute Gasteiger partial charge is 0.507 e. The zero-order chi connectivity index (χ0) is 24.8. The number of benzene rings is 2. The highest BCUT2D eigenvalue weighted by Crippen LogP contribution is 2.41. The van der Waals surface area contributed by atoms with Crippen molar-refractivity contribution in [2.45, 2.75) is 38.8 Å². The van der Waals surface area contributed by atoms with E-state index in [1.165, 1.54) is 29.2 Å². The molecule has 1 atom stereocenters. The summed E-state index contributed by atoms with van der Waals surface area (Å²) in [6.45, 7) is 2.83. The molecule has 0 saturated carbocycles. The Labute approximate surface area is 203 Å². The molecule has 1 aliphatic rings. The van der Waals surface area contributed by atoms with Crippen LogP contribution in [0.5, 0.6) is 5.75 Å². The Bertz CT molecular complexity index is 1230. The number of hydrogen-bond acceptors (Lipinski definition) is 5. The number of rotatable bonds is 9. The molecule has 1 N–H and O–H groups in total. The lowest BCUT2D eigenvalue weighted by atomic mass is 9.95. The quantitative estimate of drug-likeness (QED) is 0.194. The molecule has 0 bridgehead atoms. The van der Waals surface area contributed by atoms with E-state index in [1.54, 1.807) is 42.7 Å². The van der Waals surface area contributed by atoms with Gasteiger partial charge in [-0.25, -0.2) is 4.39 Å². The van der Waals surface area contributed by atoms with Crippen molar-refractivity contribution in [3.8, 4) is 5.75 Å². The first-order chi connectivity index (χ1) is 17.0. The zero-order valence-corrected chi connectivity index (χ0v) is 19.5. The number of unbranched alkanes of at least 4 members (excludes halogenated alkanes) is 2. The molecular formula is C28H27FN2O4. The molecule has 1 fully saturated rings. The number of aliphatic hydroxyl groups excluding tert-OH is 1. The number of carbonyl (C=O) groups excluding carboxylic acids is 2. The summed E-state index contributed by atoms with van der Waals surface area (Å²) in [5.41, 5.74) is 1.64. The Morgan fingerprint density at radius 1 is 1.06 bits per heavy atom. The number of amides is 1. The number of aliphatic hydroxyl groups is 1. The standard InChI is InChI=1S/C28H27FN2O4/c1-2-3-4-16-35-23-7-5-6-21(17-23)25-24(26(32)20-8-10-22(29)11-9-20)27(33)28(34)31(25)18-19-12-14-30-15-13-19/h5-15,17,25,32H,2-4,16,18H2,1H3/b26-24+. The van der Waals surface area contributed by atoms with Crippen molar-refractivity contribution in [3.05, 3.63) is 101 Å². The van der Waals surface area contributed by atoms with Gasteiger partial charge in [0.2, 0.25) is 0 Å². The first-order valence-corrected chi connectivity index (χ1v) is 11.7. The minimum Gasteiger partial charge on any atom is -0.507 e. The van der Waals surface area contributed by atoms with Crippen molar-refractivity contribution < 1.29 is 23.8 Å². The molecule has 2 aromatic carbocycles. The Morgan fingerprint density at radius 2 is 1.80 bits per heavy atom. The van der Waals surface area contributed by atoms with Crippen LogP contribution < -0.4 is 4.74 Å². The SMILES string of the molecule is CCCCCOc1cccc(C2/C(=C(\O)c3ccc(F)cc3)C(=O)C(=O)N2Cc2ccncc2)c1. The van der Waals surface area contributed by atoms with E-state index in [2.05, 4.69) is 11.9 Å². The van der Waals surface area contributed by atoms with E-state index in [9.17, 15) is 19.1 Å². The lowest BCUT2D eigenvalue weighted by Crippen LogP contribution is -2.29. The Morgan fingerprint density at radius 3 is 2.51 bits per heavy atom. The zero-order valence-electron chi connectivity index (χ0n) is 19.5. The average Bonchev–Trinajstić information content (AvgIpc) is 3.12. The third-order valence-corrected chi connectivity index (χ3v) is 5.95. The number of ether oxygens (including phenoxy) is 1. The van der Waals surface area contributed by atoms with Gasteiger partial charge in [0.25, 0.3) is 11.7 Å². The summed E-state index contributed by atoms with van der Waals surface area (Å²) in [6.07, 6.45) is 6.29. The molecule has 1 amide bonds. The van der Waals surface area contributed by atoms with Crippen molar-refractivity contribution in [2.24, 2.45) is 0 Å². The van der Waals surface area contributed by atoms with E-state index in [-0.39, 0.29) is 23.4 Å². The second-order valence-electron chi connectivity index (χ2n) is 8.42. The summed E-state index contributed by atoms with van der Waals surface area (Å²) >= 11 is 0. The fourth-order valence-corrected chi connectivity index (χ4v) is 4.15. The monoisotopic (exact) mass is 474 g/mol. The minimum absolute atomic E-state index is 0.0428. The highest BCUT2D eigenvalue weighted by atomic mass is 19.1. The fourth-order valence-electron chi connectivity index (χ4n) is 4.15. The molecule has 1 saturated heterocycles. The van der Waals surface area contributed by atoms with Gasteiger partial charge in [-0.2, -0.15) is 0 Å². The summed E-state index contributed by atoms with van der Waals surface area (Å²) in [4.78, 5) is 31.8. The van der Waals surface area contributed by atoms with Gasteiger partial charge in [-0.1, -0.05) is 31.9 Å². The van der Waals surface area contributed by atoms with Crippen LogP contribution in [0.1, 0.15) is 48.9 Å². The van der Waals surface area contributed by atoms with Crippen molar-refractivity contribution in [3.63, 3.8) is 0 Å². The molecule has 1 aliphatic heterocycles. The maximum Gasteiger partial charge on any atom is 0.295 e. The minimum atomic E-state index is -0.840. The van der Waals surface area contributed by atoms with Gasteiger partial charge in [0.05, 0.1) is 18.2 Å². The second kappa shape index (κ2) is 11.0. The number of Topliss-reactive ketones (excluding diaryl/α,β-unsaturated/α-hetero) is 1. The van der Waals surface area contributed by atoms with E-state index in [1.807, 2.05) is 6.07 Å². The van der Waals surface area contributed by atoms with Crippen LogP contribution in [-0.4, -0.2) is 33.3 Å². The van der Waals surface area contributed by atoms with E-state index in [0.29, 0.717) is 17.9 Å². The maximum absolute atomic E-state index is 13.5. The van der Waals surface area contributed by atoms with Crippen LogP contribution in [0.25, 0.3) is 5.76 Å². The molecule has 2 heterocycles. The summed E-state index contributed by atoms with van der Waals surface area (Å²) in [5, 5.41) is 11.1. The van der Waals surface area contributed by atoms with Crippen LogP contribution in [0.4, 0.5) is 4.39 Å². The topological polar surface area (TPSA) is 79.7 Å². The molecular weight excluding hydrogens is 447 g/mol. The van der Waals surface area contributed by atoms with Crippen molar-refractivity contribution in [2.75, 3.05) is 6.61 Å². The van der Waals surface area contributed by atoms with Gasteiger partial charge in [0.15, 0.2) is 0 Å². The molecule has 1 unspecified atom stereocenters. The van der Waals surface area contributed by atoms with Crippen LogP contribution in [0, 0.1) is 5.82 Å². The van der Waals surface area contributed by atoms with Gasteiger partial charge in [-0.05, 0) is 66.1 Å². The number of nitrogens with zero attached hydrogens (tertiary/aromatic N) is 2. The average molecular weight is 475 g/mol. The van der Waals surface area contributed by atoms with Gasteiger partial charge in [0.1, 0.15) is 17.3 Å². The van der Waals surface area contributed by atoms with Crippen molar-refractivity contribution in [1.82, 2.24) is 9.88 Å². The lowest BCUT2D eigenvalue weighted by Gasteiger charge is -2.25. The number of likely N-dealkylation sites (tertiary alicyclic amines) is 1. The number of ketones is 1. The molecule has 6 nitrogen and oxygen atoms in total. The maximum atomic E-state index is 13.5. The van der Waals surface area contributed by atoms with Gasteiger partial charge >= 0.3 is 0 Å². The number of carbonyl (C=O) groups is 2. The molecule has 4 rings (SSSR count). The Balaban J connectivity index is 1.77. The van der Waals surface area contributed by atoms with Gasteiger partial charge in [-0.15, -0.1) is 0 Å². The van der Waals surface area contributed by atoms with Crippen LogP contribution >= 0.6 is 0 Å². The Hall–Kier alpha value is -4.00. The van der Waals surface area contributed by atoms with Gasteiger partial charge < -0.3 is 14.7 Å². The molecule has 180 valence electrons. The van der Waals surface area contributed by atoms with Crippen LogP contribution in [-0.2, 0) is 16.1 Å². The molecule has 0 aliphatic carbocycles. The highest BCUT2D eigenvalue weighted by Gasteiger charge is 2.46. The highest BCUT2D eigenvalue weighted by molar-refractivity contribution is 6.46. The lowest BCUT2D eigenvalue weighted by molar-refractivity contribution is -0.140. The first-order valence-electron chi connectivity index (χ1n) is 11.7. The summed E-state index contributed by atoms with van der Waals surface area (Å²) in [6, 6.07) is 15.1. The van der Waals surface area contributed by atoms with Crippen LogP contribution in [0.2, 0.25) is 0 Å². The normalized spacial score (nSPS) is 17.1. The number of hydrogen-bond donors (Lipinski definition) is 1. The third kappa shape index (κ3) is 5.40. The smallest absolute Gasteiger partial charge is 0.295 e. The van der Waals surface area contributed by atoms with E-state index in [4.69, 9.17) is 4.74 Å². The molecule has 0 spiro atoms. The fraction of sp³-hybridized carbons (Fsp3) is 0.250. The van der Waals surface area contributed by atoms with Gasteiger partial charge in [0, 0.05) is 24.5 Å². The first kappa shape index (κ1) is 24.1. The molecule has 35 heavy (non-hydrogen) atoms. The molecule has 3 aromatic rings. The second-order valence-corrected chi connectivity index (χ2v) is 8.42. The number of halogens is 1. The predicted octanol–water partition coefficient (Wildman–Crippen LogP) is 5.41. The van der Waals surface area contributed by atoms with Gasteiger partial charge in [-0.3, -0.25) is 14.6 Å². The van der Waals surface area contributed by atoms with E-state index >= 15 is 0 Å². The summed E-state index contributed by atoms with van der Waals surface area (Å²) in [7, 11) is 0.